The highest BCUT2D eigenvalue weighted by atomic mass is 32.2. The van der Waals surface area contributed by atoms with Crippen LogP contribution in [0, 0.1) is 0 Å². The molecule has 0 atom stereocenters. The summed E-state index contributed by atoms with van der Waals surface area (Å²) in [6.07, 6.45) is 0. The Balaban J connectivity index is 1.92. The number of sulfonamides is 1. The highest BCUT2D eigenvalue weighted by Gasteiger charge is 2.25. The van der Waals surface area contributed by atoms with E-state index in [9.17, 15) is 13.2 Å². The second-order valence-corrected chi connectivity index (χ2v) is 7.21. The van der Waals surface area contributed by atoms with E-state index in [1.807, 2.05) is 0 Å². The van der Waals surface area contributed by atoms with Gasteiger partial charge in [-0.25, -0.2) is 4.79 Å². The van der Waals surface area contributed by atoms with Crippen molar-refractivity contribution in [3.05, 3.63) is 58.5 Å². The van der Waals surface area contributed by atoms with E-state index in [-0.39, 0.29) is 16.4 Å². The van der Waals surface area contributed by atoms with Crippen LogP contribution in [0.5, 0.6) is 0 Å². The summed E-state index contributed by atoms with van der Waals surface area (Å²) in [5, 5.41) is 3.05. The lowest BCUT2D eigenvalue weighted by atomic mass is 10.1. The zero-order valence-corrected chi connectivity index (χ0v) is 13.8. The molecule has 0 unspecified atom stereocenters. The molecule has 0 amide bonds. The number of aryl methyl sites for hydroxylation is 2. The van der Waals surface area contributed by atoms with Crippen molar-refractivity contribution in [3.8, 4) is 0 Å². The summed E-state index contributed by atoms with van der Waals surface area (Å²) in [7, 11) is -0.381. The fraction of sp³-hybridized carbons (Fsp3) is 0.125. The number of anilines is 1. The predicted octanol–water partition coefficient (Wildman–Crippen LogP) is 1.44. The van der Waals surface area contributed by atoms with Crippen molar-refractivity contribution in [1.29, 1.82) is 0 Å². The summed E-state index contributed by atoms with van der Waals surface area (Å²) >= 11 is 0. The SMILES string of the molecule is Cn1c(=O)n(C)c2cc(C3=NS(=O)(=O)c4ccccc4N3)ccc21. The van der Waals surface area contributed by atoms with Crippen LogP contribution in [0.4, 0.5) is 5.69 Å². The first-order valence-electron chi connectivity index (χ1n) is 7.25. The number of hydrogen-bond acceptors (Lipinski definition) is 4. The third kappa shape index (κ3) is 2.00. The van der Waals surface area contributed by atoms with Gasteiger partial charge in [0.1, 0.15) is 4.90 Å². The molecule has 3 aromatic rings. The Morgan fingerprint density at radius 3 is 2.50 bits per heavy atom. The first kappa shape index (κ1) is 14.7. The van der Waals surface area contributed by atoms with Crippen LogP contribution in [0.15, 0.2) is 56.6 Å². The van der Waals surface area contributed by atoms with E-state index in [2.05, 4.69) is 9.71 Å². The number of fused-ring (bicyclic) bond motifs is 2. The molecule has 7 nitrogen and oxygen atoms in total. The number of nitrogens with one attached hydrogen (secondary N) is 1. The van der Waals surface area contributed by atoms with E-state index < -0.39 is 10.0 Å². The minimum absolute atomic E-state index is 0.140. The Bertz CT molecular complexity index is 1190. The van der Waals surface area contributed by atoms with Gasteiger partial charge in [0.15, 0.2) is 5.84 Å². The smallest absolute Gasteiger partial charge is 0.328 e. The molecule has 1 N–H and O–H groups in total. The van der Waals surface area contributed by atoms with E-state index in [0.29, 0.717) is 16.8 Å². The molecule has 24 heavy (non-hydrogen) atoms. The summed E-state index contributed by atoms with van der Waals surface area (Å²) in [5.74, 6) is 0.243. The van der Waals surface area contributed by atoms with Gasteiger partial charge in [-0.15, -0.1) is 4.40 Å². The third-order valence-corrected chi connectivity index (χ3v) is 5.51. The molecule has 1 aliphatic rings. The Hall–Kier alpha value is -2.87. The molecular weight excluding hydrogens is 328 g/mol. The summed E-state index contributed by atoms with van der Waals surface area (Å²) < 4.78 is 31.7. The number of aromatic nitrogens is 2. The second-order valence-electron chi connectivity index (χ2n) is 5.64. The summed E-state index contributed by atoms with van der Waals surface area (Å²) in [4.78, 5) is 12.2. The second kappa shape index (κ2) is 4.81. The van der Waals surface area contributed by atoms with Crippen molar-refractivity contribution in [2.75, 3.05) is 5.32 Å². The lowest BCUT2D eigenvalue weighted by molar-refractivity contribution is 0.598. The molecule has 8 heteroatoms. The number of imidazole rings is 1. The molecule has 2 aromatic carbocycles. The van der Waals surface area contributed by atoms with E-state index in [1.165, 1.54) is 10.6 Å². The fourth-order valence-electron chi connectivity index (χ4n) is 2.89. The van der Waals surface area contributed by atoms with Gasteiger partial charge >= 0.3 is 5.69 Å². The molecule has 0 saturated heterocycles. The van der Waals surface area contributed by atoms with Crippen molar-refractivity contribution in [3.63, 3.8) is 0 Å². The first-order valence-corrected chi connectivity index (χ1v) is 8.69. The van der Waals surface area contributed by atoms with Crippen molar-refractivity contribution in [2.24, 2.45) is 18.5 Å². The van der Waals surface area contributed by atoms with Gasteiger partial charge in [0.05, 0.1) is 16.7 Å². The highest BCUT2D eigenvalue weighted by molar-refractivity contribution is 7.90. The van der Waals surface area contributed by atoms with Gasteiger partial charge in [-0.05, 0) is 30.3 Å². The Kier molecular flexibility index (Phi) is 2.95. The fourth-order valence-corrected chi connectivity index (χ4v) is 4.03. The lowest BCUT2D eigenvalue weighted by Gasteiger charge is -2.18. The maximum absolute atomic E-state index is 12.4. The van der Waals surface area contributed by atoms with E-state index >= 15 is 0 Å². The number of para-hydroxylation sites is 1. The Labute approximate surface area is 137 Å². The molecule has 122 valence electrons. The summed E-state index contributed by atoms with van der Waals surface area (Å²) in [5.41, 5.74) is 2.43. The Morgan fingerprint density at radius 2 is 1.71 bits per heavy atom. The average Bonchev–Trinajstić information content (AvgIpc) is 2.78. The quantitative estimate of drug-likeness (QED) is 0.725. The minimum Gasteiger partial charge on any atom is -0.338 e. The normalized spacial score (nSPS) is 15.7. The first-order chi connectivity index (χ1) is 11.4. The van der Waals surface area contributed by atoms with Gasteiger partial charge in [-0.2, -0.15) is 8.42 Å². The molecule has 1 aromatic heterocycles. The topological polar surface area (TPSA) is 85.5 Å². The van der Waals surface area contributed by atoms with E-state index in [4.69, 9.17) is 0 Å². The third-order valence-electron chi connectivity index (χ3n) is 4.17. The van der Waals surface area contributed by atoms with Gasteiger partial charge in [-0.3, -0.25) is 9.13 Å². The van der Waals surface area contributed by atoms with Crippen LogP contribution in [0.2, 0.25) is 0 Å². The number of benzene rings is 2. The van der Waals surface area contributed by atoms with E-state index in [1.54, 1.807) is 55.1 Å². The molecule has 1 aliphatic heterocycles. The van der Waals surface area contributed by atoms with Gasteiger partial charge < -0.3 is 5.32 Å². The van der Waals surface area contributed by atoms with Crippen LogP contribution in [-0.4, -0.2) is 23.4 Å². The molecule has 0 spiro atoms. The standard InChI is InChI=1S/C16H14N4O3S/c1-19-12-8-7-10(9-13(12)20(2)16(19)21)15-17-11-5-3-4-6-14(11)24(22,23)18-15/h3-9H,1-2H3,(H,17,18). The molecule has 0 fully saturated rings. The molecule has 0 aliphatic carbocycles. The van der Waals surface area contributed by atoms with Crippen molar-refractivity contribution < 1.29 is 8.42 Å². The van der Waals surface area contributed by atoms with Crippen molar-refractivity contribution in [1.82, 2.24) is 9.13 Å². The van der Waals surface area contributed by atoms with Crippen LogP contribution in [0.1, 0.15) is 5.56 Å². The maximum Gasteiger partial charge on any atom is 0.328 e. The van der Waals surface area contributed by atoms with Crippen LogP contribution in [-0.2, 0) is 24.1 Å². The number of rotatable bonds is 1. The van der Waals surface area contributed by atoms with E-state index in [0.717, 1.165) is 5.52 Å². The molecule has 2 heterocycles. The van der Waals surface area contributed by atoms with Crippen LogP contribution >= 0.6 is 0 Å². The van der Waals surface area contributed by atoms with Crippen LogP contribution in [0.25, 0.3) is 11.0 Å². The van der Waals surface area contributed by atoms with Gasteiger partial charge in [0, 0.05) is 19.7 Å². The minimum atomic E-state index is -3.75. The summed E-state index contributed by atoms with van der Waals surface area (Å²) in [6, 6.07) is 11.9. The summed E-state index contributed by atoms with van der Waals surface area (Å²) in [6.45, 7) is 0. The zero-order valence-electron chi connectivity index (χ0n) is 13.0. The van der Waals surface area contributed by atoms with Gasteiger partial charge in [0.2, 0.25) is 0 Å². The average molecular weight is 342 g/mol. The molecular formula is C16H14N4O3S. The van der Waals surface area contributed by atoms with Gasteiger partial charge in [0.25, 0.3) is 10.0 Å². The Morgan fingerprint density at radius 1 is 1.00 bits per heavy atom. The predicted molar refractivity (Wildman–Crippen MR) is 91.9 cm³/mol. The molecule has 4 rings (SSSR count). The number of hydrogen-bond donors (Lipinski definition) is 1. The zero-order chi connectivity index (χ0) is 17.1. The van der Waals surface area contributed by atoms with Crippen molar-refractivity contribution in [2.45, 2.75) is 4.90 Å². The van der Waals surface area contributed by atoms with Crippen molar-refractivity contribution >= 4 is 32.6 Å². The molecule has 0 bridgehead atoms. The largest absolute Gasteiger partial charge is 0.338 e. The van der Waals surface area contributed by atoms with Crippen LogP contribution in [0.3, 0.4) is 0 Å². The number of nitrogens with zero attached hydrogens (tertiary/aromatic N) is 3. The maximum atomic E-state index is 12.4. The van der Waals surface area contributed by atoms with Crippen LogP contribution < -0.4 is 11.0 Å². The van der Waals surface area contributed by atoms with Gasteiger partial charge in [-0.1, -0.05) is 12.1 Å². The lowest BCUT2D eigenvalue weighted by Crippen LogP contribution is -2.22. The highest BCUT2D eigenvalue weighted by Crippen LogP contribution is 2.28. The molecule has 0 saturated carbocycles. The number of amidine groups is 1. The monoisotopic (exact) mass is 342 g/mol. The molecule has 0 radical (unpaired) electrons.